The van der Waals surface area contributed by atoms with Crippen LogP contribution in [0, 0.1) is 11.3 Å². The Bertz CT molecular complexity index is 1490. The molecule has 3 aromatic rings. The van der Waals surface area contributed by atoms with E-state index < -0.39 is 22.5 Å². The van der Waals surface area contributed by atoms with Crippen molar-refractivity contribution in [3.63, 3.8) is 0 Å². The second-order valence-electron chi connectivity index (χ2n) is 14.8. The number of amides is 1. The molecule has 0 radical (unpaired) electrons. The minimum atomic E-state index is -2.04. The zero-order chi connectivity index (χ0) is 33.0. The van der Waals surface area contributed by atoms with Gasteiger partial charge in [-0.2, -0.15) is 10.4 Å². The van der Waals surface area contributed by atoms with Gasteiger partial charge in [0, 0.05) is 70.2 Å². The molecule has 1 aliphatic heterocycles. The highest BCUT2D eigenvalue weighted by molar-refractivity contribution is 6.76. The number of carboxylic acid groups (broad SMARTS) is 1. The van der Waals surface area contributed by atoms with Crippen molar-refractivity contribution < 1.29 is 19.1 Å². The predicted octanol–water partition coefficient (Wildman–Crippen LogP) is 5.75. The summed E-state index contributed by atoms with van der Waals surface area (Å²) in [5, 5.41) is 25.1. The maximum atomic E-state index is 11.8. The molecule has 4 rings (SSSR count). The number of rotatable bonds is 13. The number of nitriles is 1. The van der Waals surface area contributed by atoms with Gasteiger partial charge in [0.25, 0.3) is 0 Å². The third kappa shape index (κ3) is 8.79. The summed E-state index contributed by atoms with van der Waals surface area (Å²) in [7, 11) is -3.21. The summed E-state index contributed by atoms with van der Waals surface area (Å²) < 4.78 is 16.4. The summed E-state index contributed by atoms with van der Waals surface area (Å²) in [5.41, 5.74) is 2.42. The third-order valence-electron chi connectivity index (χ3n) is 9.12. The first-order valence-electron chi connectivity index (χ1n) is 15.7. The molecule has 0 saturated carbocycles. The van der Waals surface area contributed by atoms with Crippen LogP contribution in [0.4, 0.5) is 4.79 Å². The van der Waals surface area contributed by atoms with E-state index in [1.54, 1.807) is 12.5 Å². The molecule has 2 unspecified atom stereocenters. The average molecular weight is 655 g/mol. The van der Waals surface area contributed by atoms with E-state index in [1.807, 2.05) is 27.7 Å². The second kappa shape index (κ2) is 14.1. The molecule has 2 atom stereocenters. The Balaban J connectivity index is 1.51. The lowest BCUT2D eigenvalue weighted by atomic mass is 10.1. The number of piperazine rings is 1. The van der Waals surface area contributed by atoms with Crippen molar-refractivity contribution in [1.82, 2.24) is 34.1 Å². The van der Waals surface area contributed by atoms with Crippen LogP contribution in [0.1, 0.15) is 33.2 Å². The fourth-order valence-corrected chi connectivity index (χ4v) is 6.94. The van der Waals surface area contributed by atoms with Gasteiger partial charge in [-0.15, -0.1) is 0 Å². The van der Waals surface area contributed by atoms with Gasteiger partial charge in [0.05, 0.1) is 37.0 Å². The number of hydrogen-bond donors (Lipinski definition) is 1. The molecule has 4 heterocycles. The van der Waals surface area contributed by atoms with Crippen LogP contribution in [0.2, 0.25) is 43.8 Å². The molecule has 246 valence electrons. The van der Waals surface area contributed by atoms with E-state index in [2.05, 4.69) is 79.5 Å². The number of ether oxygens (including phenoxy) is 1. The van der Waals surface area contributed by atoms with Crippen LogP contribution in [0.3, 0.4) is 0 Å². The normalized spacial score (nSPS) is 17.5. The van der Waals surface area contributed by atoms with Gasteiger partial charge in [-0.05, 0) is 30.2 Å². The molecule has 1 aliphatic rings. The zero-order valence-electron chi connectivity index (χ0n) is 28.2. The summed E-state index contributed by atoms with van der Waals surface area (Å²) in [6.45, 7) is 21.5. The van der Waals surface area contributed by atoms with Crippen molar-refractivity contribution in [1.29, 1.82) is 5.26 Å². The van der Waals surface area contributed by atoms with Crippen molar-refractivity contribution >= 4 is 33.5 Å². The summed E-state index contributed by atoms with van der Waals surface area (Å²) in [6, 6.07) is 5.10. The van der Waals surface area contributed by atoms with Gasteiger partial charge in [-0.1, -0.05) is 40.4 Å². The quantitative estimate of drug-likeness (QED) is 0.181. The van der Waals surface area contributed by atoms with Gasteiger partial charge in [0.15, 0.2) is 8.32 Å². The first-order valence-corrected chi connectivity index (χ1v) is 22.4. The molecule has 3 aromatic heterocycles. The van der Waals surface area contributed by atoms with E-state index >= 15 is 0 Å². The zero-order valence-corrected chi connectivity index (χ0v) is 30.2. The molecular weight excluding hydrogens is 605 g/mol. The van der Waals surface area contributed by atoms with E-state index in [-0.39, 0.29) is 23.5 Å². The molecule has 14 heteroatoms. The number of fused-ring (bicyclic) bond motifs is 1. The third-order valence-corrected chi connectivity index (χ3v) is 15.3. The number of nitrogens with zero attached hydrogens (tertiary/aromatic N) is 8. The fourth-order valence-electron chi connectivity index (χ4n) is 5.14. The molecule has 0 spiro atoms. The summed E-state index contributed by atoms with van der Waals surface area (Å²) in [4.78, 5) is 24.7. The molecule has 1 fully saturated rings. The average Bonchev–Trinajstić information content (AvgIpc) is 3.61. The van der Waals surface area contributed by atoms with Crippen molar-refractivity contribution in [3.8, 4) is 17.3 Å². The largest absolute Gasteiger partial charge is 0.465 e. The smallest absolute Gasteiger partial charge is 0.407 e. The Morgan fingerprint density at radius 2 is 1.96 bits per heavy atom. The highest BCUT2D eigenvalue weighted by Crippen LogP contribution is 2.37. The predicted molar refractivity (Wildman–Crippen MR) is 180 cm³/mol. The molecular formula is C31H50N8O4Si2. The standard InChI is InChI=1S/C31H50N8O4Si2/c1-31(2,3)45(7,8)43-21-26-20-37(30(40)41)14-13-36(26)19-25(9-11-32)39-18-24(17-35-39)28-27-10-12-38(29(27)34-22-33-28)23-42-15-16-44(4,5)6/h10,12,17-18,22,25-26H,9,13-16,19-21,23H2,1-8H3,(H,40,41). The van der Waals surface area contributed by atoms with Gasteiger partial charge in [0.1, 0.15) is 18.7 Å². The molecule has 0 bridgehead atoms. The van der Waals surface area contributed by atoms with E-state index in [0.29, 0.717) is 39.5 Å². The van der Waals surface area contributed by atoms with Crippen LogP contribution in [0.25, 0.3) is 22.3 Å². The second-order valence-corrected chi connectivity index (χ2v) is 25.2. The summed E-state index contributed by atoms with van der Waals surface area (Å²) in [5.74, 6) is 0. The van der Waals surface area contributed by atoms with Gasteiger partial charge < -0.3 is 23.7 Å². The molecule has 0 aromatic carbocycles. The topological polar surface area (TPSA) is 135 Å². The van der Waals surface area contributed by atoms with Crippen LogP contribution in [0.15, 0.2) is 31.0 Å². The Kier molecular flexibility index (Phi) is 10.9. The Labute approximate surface area is 269 Å². The first-order chi connectivity index (χ1) is 21.1. The lowest BCUT2D eigenvalue weighted by molar-refractivity contribution is 0.0352. The molecule has 1 N–H and O–H groups in total. The minimum Gasteiger partial charge on any atom is -0.465 e. The molecule has 1 amide bonds. The Morgan fingerprint density at radius 1 is 1.20 bits per heavy atom. The van der Waals surface area contributed by atoms with Gasteiger partial charge in [-0.25, -0.2) is 14.8 Å². The highest BCUT2D eigenvalue weighted by Gasteiger charge is 2.39. The molecule has 0 aliphatic carbocycles. The summed E-state index contributed by atoms with van der Waals surface area (Å²) >= 11 is 0. The number of aromatic nitrogens is 5. The van der Waals surface area contributed by atoms with Crippen molar-refractivity contribution in [3.05, 3.63) is 31.0 Å². The van der Waals surface area contributed by atoms with E-state index in [1.165, 1.54) is 4.90 Å². The highest BCUT2D eigenvalue weighted by atomic mass is 28.4. The van der Waals surface area contributed by atoms with Crippen molar-refractivity contribution in [2.45, 2.75) is 89.8 Å². The lowest BCUT2D eigenvalue weighted by Crippen LogP contribution is -2.58. The van der Waals surface area contributed by atoms with Crippen LogP contribution in [-0.2, 0) is 15.9 Å². The lowest BCUT2D eigenvalue weighted by Gasteiger charge is -2.44. The van der Waals surface area contributed by atoms with Crippen LogP contribution < -0.4 is 0 Å². The van der Waals surface area contributed by atoms with Gasteiger partial charge in [-0.3, -0.25) is 9.58 Å². The molecule has 45 heavy (non-hydrogen) atoms. The van der Waals surface area contributed by atoms with E-state index in [0.717, 1.165) is 34.9 Å². The monoisotopic (exact) mass is 654 g/mol. The first kappa shape index (κ1) is 34.8. The Hall–Kier alpha value is -3.10. The minimum absolute atomic E-state index is 0.0435. The van der Waals surface area contributed by atoms with Crippen LogP contribution in [-0.4, -0.2) is 107 Å². The maximum absolute atomic E-state index is 11.8. The van der Waals surface area contributed by atoms with Gasteiger partial charge in [0.2, 0.25) is 0 Å². The fraction of sp³-hybridized carbons (Fsp3) is 0.645. The van der Waals surface area contributed by atoms with E-state index in [9.17, 15) is 15.2 Å². The maximum Gasteiger partial charge on any atom is 0.407 e. The van der Waals surface area contributed by atoms with E-state index in [4.69, 9.17) is 9.16 Å². The number of hydrogen-bond acceptors (Lipinski definition) is 8. The van der Waals surface area contributed by atoms with Crippen molar-refractivity contribution in [2.24, 2.45) is 0 Å². The van der Waals surface area contributed by atoms with Crippen LogP contribution >= 0.6 is 0 Å². The SMILES string of the molecule is CC(C)(C)[Si](C)(C)OCC1CN(C(=O)O)CCN1CC(CC#N)n1cc(-c2ncnc3c2ccn3COCC[Si](C)(C)C)cn1. The molecule has 1 saturated heterocycles. The molecule has 12 nitrogen and oxygen atoms in total. The van der Waals surface area contributed by atoms with Crippen LogP contribution in [0.5, 0.6) is 0 Å². The van der Waals surface area contributed by atoms with Crippen molar-refractivity contribution in [2.75, 3.05) is 39.4 Å². The summed E-state index contributed by atoms with van der Waals surface area (Å²) in [6.07, 6.45) is 6.62. The Morgan fingerprint density at radius 3 is 2.62 bits per heavy atom. The number of carbonyl (C=O) groups is 1. The van der Waals surface area contributed by atoms with Gasteiger partial charge >= 0.3 is 6.09 Å².